The molecular formula is C10H16FN3O2. The molecular weight excluding hydrogens is 213 g/mol. The van der Waals surface area contributed by atoms with Crippen molar-refractivity contribution in [3.8, 4) is 0 Å². The highest BCUT2D eigenvalue weighted by Gasteiger charge is 2.16. The van der Waals surface area contributed by atoms with Crippen LogP contribution >= 0.6 is 0 Å². The van der Waals surface area contributed by atoms with Gasteiger partial charge in [-0.3, -0.25) is 0 Å². The van der Waals surface area contributed by atoms with Crippen LogP contribution in [0, 0.1) is 5.95 Å². The average molecular weight is 229 g/mol. The molecule has 0 spiro atoms. The molecule has 0 unspecified atom stereocenters. The molecule has 0 aliphatic heterocycles. The van der Waals surface area contributed by atoms with E-state index in [4.69, 9.17) is 4.74 Å². The Morgan fingerprint density at radius 2 is 2.25 bits per heavy atom. The first kappa shape index (κ1) is 12.5. The molecule has 1 aromatic heterocycles. The third kappa shape index (κ3) is 3.88. The number of carbonyl (C=O) groups is 1. The van der Waals surface area contributed by atoms with Crippen LogP contribution in [0.2, 0.25) is 0 Å². The summed E-state index contributed by atoms with van der Waals surface area (Å²) in [7, 11) is 1.49. The zero-order valence-electron chi connectivity index (χ0n) is 9.87. The molecule has 0 aromatic carbocycles. The number of nitrogens with one attached hydrogen (secondary N) is 1. The normalized spacial score (nSPS) is 11.3. The van der Waals surface area contributed by atoms with Gasteiger partial charge in [0.25, 0.3) is 0 Å². The van der Waals surface area contributed by atoms with E-state index in [9.17, 15) is 9.18 Å². The molecule has 0 aliphatic rings. The summed E-state index contributed by atoms with van der Waals surface area (Å²) >= 11 is 0. The van der Waals surface area contributed by atoms with Crippen molar-refractivity contribution in [2.24, 2.45) is 7.05 Å². The fraction of sp³-hybridized carbons (Fsp3) is 0.600. The Balaban J connectivity index is 2.43. The highest BCUT2D eigenvalue weighted by atomic mass is 19.1. The number of aromatic nitrogens is 2. The fourth-order valence-corrected chi connectivity index (χ4v) is 1.06. The van der Waals surface area contributed by atoms with Gasteiger partial charge in [-0.25, -0.2) is 9.48 Å². The van der Waals surface area contributed by atoms with Crippen molar-refractivity contribution >= 4 is 6.09 Å². The molecule has 6 heteroatoms. The average Bonchev–Trinajstić information content (AvgIpc) is 2.40. The van der Waals surface area contributed by atoms with Crippen LogP contribution in [0.4, 0.5) is 9.18 Å². The number of carbonyl (C=O) groups excluding carboxylic acids is 1. The number of hydrogen-bond donors (Lipinski definition) is 1. The first-order chi connectivity index (χ1) is 7.28. The Bertz CT molecular complexity index is 362. The zero-order chi connectivity index (χ0) is 12.3. The summed E-state index contributed by atoms with van der Waals surface area (Å²) in [6.45, 7) is 5.46. The summed E-state index contributed by atoms with van der Waals surface area (Å²) in [5, 5.41) is 6.34. The van der Waals surface area contributed by atoms with Crippen molar-refractivity contribution in [1.29, 1.82) is 0 Å². The molecule has 0 saturated heterocycles. The lowest BCUT2D eigenvalue weighted by molar-refractivity contribution is 0.0523. The van der Waals surface area contributed by atoms with Crippen molar-refractivity contribution in [3.05, 3.63) is 17.7 Å². The molecule has 90 valence electrons. The molecule has 1 heterocycles. The van der Waals surface area contributed by atoms with E-state index >= 15 is 0 Å². The molecule has 1 N–H and O–H groups in total. The van der Waals surface area contributed by atoms with E-state index in [2.05, 4.69) is 10.4 Å². The zero-order valence-corrected chi connectivity index (χ0v) is 9.87. The van der Waals surface area contributed by atoms with Gasteiger partial charge >= 0.3 is 6.09 Å². The van der Waals surface area contributed by atoms with Crippen LogP contribution < -0.4 is 5.32 Å². The second-order valence-electron chi connectivity index (χ2n) is 4.44. The van der Waals surface area contributed by atoms with Crippen LogP contribution in [-0.2, 0) is 18.3 Å². The highest BCUT2D eigenvalue weighted by Crippen LogP contribution is 2.07. The Morgan fingerprint density at radius 3 is 2.69 bits per heavy atom. The monoisotopic (exact) mass is 229 g/mol. The minimum absolute atomic E-state index is 0.146. The molecule has 1 amide bonds. The van der Waals surface area contributed by atoms with E-state index in [1.165, 1.54) is 13.1 Å². The molecule has 0 radical (unpaired) electrons. The summed E-state index contributed by atoms with van der Waals surface area (Å²) in [6.07, 6.45) is -0.543. The summed E-state index contributed by atoms with van der Waals surface area (Å²) in [5.74, 6) is -0.444. The van der Waals surface area contributed by atoms with Crippen LogP contribution in [-0.4, -0.2) is 21.5 Å². The lowest BCUT2D eigenvalue weighted by Crippen LogP contribution is -2.32. The fourth-order valence-electron chi connectivity index (χ4n) is 1.06. The number of rotatable bonds is 2. The topological polar surface area (TPSA) is 56.2 Å². The van der Waals surface area contributed by atoms with Gasteiger partial charge in [0.05, 0.1) is 12.2 Å². The number of halogens is 1. The van der Waals surface area contributed by atoms with Gasteiger partial charge < -0.3 is 10.1 Å². The number of alkyl carbamates (subject to hydrolysis) is 1. The van der Waals surface area contributed by atoms with Crippen LogP contribution in [0.5, 0.6) is 0 Å². The Hall–Kier alpha value is -1.59. The molecule has 0 aliphatic carbocycles. The molecule has 16 heavy (non-hydrogen) atoms. The predicted octanol–water partition coefficient (Wildman–Crippen LogP) is 1.58. The predicted molar refractivity (Wildman–Crippen MR) is 56.2 cm³/mol. The van der Waals surface area contributed by atoms with E-state index in [-0.39, 0.29) is 6.54 Å². The molecule has 0 bridgehead atoms. The molecule has 0 fully saturated rings. The number of amides is 1. The summed E-state index contributed by atoms with van der Waals surface area (Å²) in [5.41, 5.74) is -0.0923. The van der Waals surface area contributed by atoms with Crippen LogP contribution in [0.25, 0.3) is 0 Å². The summed E-state index contributed by atoms with van der Waals surface area (Å²) in [4.78, 5) is 11.3. The minimum Gasteiger partial charge on any atom is -0.444 e. The number of aryl methyl sites for hydroxylation is 1. The van der Waals surface area contributed by atoms with Crippen LogP contribution in [0.3, 0.4) is 0 Å². The molecule has 0 atom stereocenters. The van der Waals surface area contributed by atoms with E-state index in [1.54, 1.807) is 20.8 Å². The third-order valence-electron chi connectivity index (χ3n) is 1.69. The molecule has 1 aromatic rings. The Morgan fingerprint density at radius 1 is 1.62 bits per heavy atom. The van der Waals surface area contributed by atoms with Gasteiger partial charge in [-0.2, -0.15) is 9.49 Å². The smallest absolute Gasteiger partial charge is 0.407 e. The van der Waals surface area contributed by atoms with Gasteiger partial charge in [0, 0.05) is 13.1 Å². The van der Waals surface area contributed by atoms with Gasteiger partial charge in [-0.05, 0) is 20.8 Å². The van der Waals surface area contributed by atoms with Gasteiger partial charge in [-0.15, -0.1) is 0 Å². The molecule has 5 nitrogen and oxygen atoms in total. The van der Waals surface area contributed by atoms with Crippen molar-refractivity contribution in [3.63, 3.8) is 0 Å². The van der Waals surface area contributed by atoms with E-state index < -0.39 is 17.6 Å². The lowest BCUT2D eigenvalue weighted by atomic mass is 10.2. The van der Waals surface area contributed by atoms with E-state index in [0.717, 1.165) is 4.68 Å². The Labute approximate surface area is 93.6 Å². The summed E-state index contributed by atoms with van der Waals surface area (Å²) in [6, 6.07) is 1.26. The Kier molecular flexibility index (Phi) is 3.51. The first-order valence-corrected chi connectivity index (χ1v) is 4.93. The SMILES string of the molecule is Cn1nc(CNC(=O)OC(C)(C)C)cc1F. The maximum atomic E-state index is 12.9. The number of hydrogen-bond acceptors (Lipinski definition) is 3. The highest BCUT2D eigenvalue weighted by molar-refractivity contribution is 5.67. The van der Waals surface area contributed by atoms with E-state index in [0.29, 0.717) is 5.69 Å². The number of nitrogens with zero attached hydrogens (tertiary/aromatic N) is 2. The second-order valence-corrected chi connectivity index (χ2v) is 4.44. The number of ether oxygens (including phenoxy) is 1. The maximum Gasteiger partial charge on any atom is 0.407 e. The van der Waals surface area contributed by atoms with Crippen LogP contribution in [0.1, 0.15) is 26.5 Å². The first-order valence-electron chi connectivity index (χ1n) is 4.93. The van der Waals surface area contributed by atoms with Crippen LogP contribution in [0.15, 0.2) is 6.07 Å². The maximum absolute atomic E-state index is 12.9. The largest absolute Gasteiger partial charge is 0.444 e. The van der Waals surface area contributed by atoms with Gasteiger partial charge in [0.15, 0.2) is 0 Å². The van der Waals surface area contributed by atoms with E-state index in [1.807, 2.05) is 0 Å². The van der Waals surface area contributed by atoms with Crippen molar-refractivity contribution in [2.45, 2.75) is 32.9 Å². The quantitative estimate of drug-likeness (QED) is 0.837. The summed E-state index contributed by atoms with van der Waals surface area (Å²) < 4.78 is 19.0. The van der Waals surface area contributed by atoms with Gasteiger partial charge in [0.2, 0.25) is 5.95 Å². The van der Waals surface area contributed by atoms with Crippen molar-refractivity contribution < 1.29 is 13.9 Å². The molecule has 0 saturated carbocycles. The second kappa shape index (κ2) is 4.51. The minimum atomic E-state index is -0.543. The van der Waals surface area contributed by atoms with Gasteiger partial charge in [0.1, 0.15) is 5.60 Å². The van der Waals surface area contributed by atoms with Crippen molar-refractivity contribution in [2.75, 3.05) is 0 Å². The van der Waals surface area contributed by atoms with Gasteiger partial charge in [-0.1, -0.05) is 0 Å². The molecule has 1 rings (SSSR count). The lowest BCUT2D eigenvalue weighted by Gasteiger charge is -2.19. The third-order valence-corrected chi connectivity index (χ3v) is 1.69. The standard InChI is InChI=1S/C10H16FN3O2/c1-10(2,3)16-9(15)12-6-7-5-8(11)14(4)13-7/h5H,6H2,1-4H3,(H,12,15). The van der Waals surface area contributed by atoms with Crippen molar-refractivity contribution in [1.82, 2.24) is 15.1 Å².